The minimum absolute atomic E-state index is 0.0801. The van der Waals surface area contributed by atoms with Crippen LogP contribution in [-0.4, -0.2) is 47.7 Å². The number of benzene rings is 2. The van der Waals surface area contributed by atoms with Gasteiger partial charge in [0.25, 0.3) is 17.7 Å². The highest BCUT2D eigenvalue weighted by Gasteiger charge is 2.37. The molecule has 0 aromatic heterocycles. The monoisotopic (exact) mass is 407 g/mol. The first-order valence-corrected chi connectivity index (χ1v) is 9.99. The van der Waals surface area contributed by atoms with Gasteiger partial charge in [-0.25, -0.2) is 0 Å². The summed E-state index contributed by atoms with van der Waals surface area (Å²) in [6, 6.07) is 14.0. The minimum Gasteiger partial charge on any atom is -0.354 e. The van der Waals surface area contributed by atoms with Crippen LogP contribution in [0.15, 0.2) is 48.5 Å². The van der Waals surface area contributed by atoms with Crippen molar-refractivity contribution in [3.05, 3.63) is 70.8 Å². The number of carbonyl (C=O) groups excluding carboxylic acids is 4. The van der Waals surface area contributed by atoms with Gasteiger partial charge in [-0.15, -0.1) is 0 Å². The first-order valence-electron chi connectivity index (χ1n) is 9.99. The Labute approximate surface area is 175 Å². The first-order chi connectivity index (χ1) is 14.4. The number of aryl methyl sites for hydroxylation is 1. The maximum absolute atomic E-state index is 12.4. The number of fused-ring (bicyclic) bond motifs is 1. The molecule has 2 aromatic carbocycles. The van der Waals surface area contributed by atoms with E-state index < -0.39 is 0 Å². The van der Waals surface area contributed by atoms with E-state index in [-0.39, 0.29) is 41.8 Å². The van der Waals surface area contributed by atoms with Crippen LogP contribution >= 0.6 is 0 Å². The molecule has 30 heavy (non-hydrogen) atoms. The first kappa shape index (κ1) is 21.2. The average Bonchev–Trinajstić information content (AvgIpc) is 3.00. The van der Waals surface area contributed by atoms with Gasteiger partial charge in [0, 0.05) is 31.1 Å². The molecule has 2 aromatic rings. The lowest BCUT2D eigenvalue weighted by Gasteiger charge is -2.17. The zero-order chi connectivity index (χ0) is 21.7. The fourth-order valence-electron chi connectivity index (χ4n) is 3.34. The predicted octanol–water partition coefficient (Wildman–Crippen LogP) is 2.17. The van der Waals surface area contributed by atoms with Crippen molar-refractivity contribution in [2.45, 2.75) is 32.7 Å². The quantitative estimate of drug-likeness (QED) is 0.518. The molecule has 0 aliphatic carbocycles. The summed E-state index contributed by atoms with van der Waals surface area (Å²) in [7, 11) is 0. The normalized spacial score (nSPS) is 12.8. The van der Waals surface area contributed by atoms with E-state index in [0.29, 0.717) is 30.5 Å². The lowest BCUT2D eigenvalue weighted by molar-refractivity contribution is -0.121. The smallest absolute Gasteiger partial charge is 0.261 e. The van der Waals surface area contributed by atoms with Crippen LogP contribution < -0.4 is 10.6 Å². The van der Waals surface area contributed by atoms with E-state index in [4.69, 9.17) is 0 Å². The van der Waals surface area contributed by atoms with Gasteiger partial charge in [0.15, 0.2) is 0 Å². The van der Waals surface area contributed by atoms with Gasteiger partial charge in [-0.05, 0) is 44.0 Å². The van der Waals surface area contributed by atoms with Crippen LogP contribution in [0.25, 0.3) is 0 Å². The van der Waals surface area contributed by atoms with E-state index in [2.05, 4.69) is 10.6 Å². The van der Waals surface area contributed by atoms with Gasteiger partial charge in [0.1, 0.15) is 0 Å². The molecule has 0 fully saturated rings. The van der Waals surface area contributed by atoms with Crippen molar-refractivity contribution in [3.63, 3.8) is 0 Å². The van der Waals surface area contributed by atoms with Gasteiger partial charge in [-0.3, -0.25) is 24.1 Å². The number of nitrogens with one attached hydrogen (secondary N) is 2. The summed E-state index contributed by atoms with van der Waals surface area (Å²) < 4.78 is 0. The second-order valence-electron chi connectivity index (χ2n) is 7.43. The number of carbonyl (C=O) groups is 4. The summed E-state index contributed by atoms with van der Waals surface area (Å²) in [4.78, 5) is 50.2. The molecule has 156 valence electrons. The van der Waals surface area contributed by atoms with E-state index in [1.165, 1.54) is 23.1 Å². The average molecular weight is 407 g/mol. The number of amides is 4. The molecule has 1 aliphatic rings. The molecule has 7 heteroatoms. The predicted molar refractivity (Wildman–Crippen MR) is 112 cm³/mol. The third-order valence-corrected chi connectivity index (χ3v) is 4.91. The standard InChI is InChI=1S/C23H25N3O4/c1-15(2)26-22(29)18-10-9-17(14-19(18)23(26)30)21(28)25-13-12-24-20(27)11-8-16-6-4-3-5-7-16/h3-7,9-10,14-15H,8,11-13H2,1-2H3,(H,24,27)(H,25,28). The molecule has 0 spiro atoms. The molecule has 2 N–H and O–H groups in total. The van der Waals surface area contributed by atoms with Crippen LogP contribution in [0.2, 0.25) is 0 Å². The molecule has 7 nitrogen and oxygen atoms in total. The summed E-state index contributed by atoms with van der Waals surface area (Å²) in [6.07, 6.45) is 1.04. The van der Waals surface area contributed by atoms with E-state index in [0.717, 1.165) is 5.56 Å². The Hall–Kier alpha value is -3.48. The van der Waals surface area contributed by atoms with Crippen molar-refractivity contribution in [2.75, 3.05) is 13.1 Å². The van der Waals surface area contributed by atoms with Crippen LogP contribution in [-0.2, 0) is 11.2 Å². The van der Waals surface area contributed by atoms with E-state index >= 15 is 0 Å². The van der Waals surface area contributed by atoms with Crippen LogP contribution in [0, 0.1) is 0 Å². The molecule has 0 saturated heterocycles. The van der Waals surface area contributed by atoms with E-state index in [1.54, 1.807) is 13.8 Å². The molecular formula is C23H25N3O4. The fourth-order valence-corrected chi connectivity index (χ4v) is 3.34. The van der Waals surface area contributed by atoms with Crippen molar-refractivity contribution >= 4 is 23.6 Å². The van der Waals surface area contributed by atoms with E-state index in [9.17, 15) is 19.2 Å². The van der Waals surface area contributed by atoms with Crippen molar-refractivity contribution in [1.29, 1.82) is 0 Å². The van der Waals surface area contributed by atoms with Gasteiger partial charge >= 0.3 is 0 Å². The highest BCUT2D eigenvalue weighted by Crippen LogP contribution is 2.25. The lowest BCUT2D eigenvalue weighted by Crippen LogP contribution is -2.36. The highest BCUT2D eigenvalue weighted by atomic mass is 16.2. The zero-order valence-electron chi connectivity index (χ0n) is 17.1. The Bertz CT molecular complexity index is 970. The maximum atomic E-state index is 12.4. The summed E-state index contributed by atoms with van der Waals surface area (Å²) >= 11 is 0. The SMILES string of the molecule is CC(C)N1C(=O)c2ccc(C(=O)NCCNC(=O)CCc3ccccc3)cc2C1=O. The Balaban J connectivity index is 1.46. The summed E-state index contributed by atoms with van der Waals surface area (Å²) in [6.45, 7) is 4.10. The molecule has 4 amide bonds. The molecule has 0 saturated carbocycles. The van der Waals surface area contributed by atoms with E-state index in [1.807, 2.05) is 30.3 Å². The fraction of sp³-hybridized carbons (Fsp3) is 0.304. The Kier molecular flexibility index (Phi) is 6.61. The van der Waals surface area contributed by atoms with Gasteiger partial charge in [0.2, 0.25) is 5.91 Å². The molecular weight excluding hydrogens is 382 g/mol. The third kappa shape index (κ3) is 4.74. The number of imide groups is 1. The van der Waals surface area contributed by atoms with Crippen LogP contribution in [0.5, 0.6) is 0 Å². The lowest BCUT2D eigenvalue weighted by atomic mass is 10.1. The van der Waals surface area contributed by atoms with Crippen molar-refractivity contribution in [3.8, 4) is 0 Å². The van der Waals surface area contributed by atoms with Crippen LogP contribution in [0.4, 0.5) is 0 Å². The van der Waals surface area contributed by atoms with Crippen LogP contribution in [0.1, 0.15) is 56.9 Å². The Morgan fingerprint density at radius 2 is 1.57 bits per heavy atom. The number of hydrogen-bond acceptors (Lipinski definition) is 4. The minimum atomic E-state index is -0.384. The molecule has 0 bridgehead atoms. The number of nitrogens with zero attached hydrogens (tertiary/aromatic N) is 1. The highest BCUT2D eigenvalue weighted by molar-refractivity contribution is 6.22. The van der Waals surface area contributed by atoms with Crippen molar-refractivity contribution in [1.82, 2.24) is 15.5 Å². The van der Waals surface area contributed by atoms with Gasteiger partial charge in [0.05, 0.1) is 11.1 Å². The summed E-state index contributed by atoms with van der Waals surface area (Å²) in [5.74, 6) is -1.16. The molecule has 3 rings (SSSR count). The second-order valence-corrected chi connectivity index (χ2v) is 7.43. The molecule has 1 aliphatic heterocycles. The zero-order valence-corrected chi connectivity index (χ0v) is 17.1. The largest absolute Gasteiger partial charge is 0.354 e. The van der Waals surface area contributed by atoms with Gasteiger partial charge in [-0.1, -0.05) is 30.3 Å². The number of hydrogen-bond donors (Lipinski definition) is 2. The van der Waals surface area contributed by atoms with Gasteiger partial charge in [-0.2, -0.15) is 0 Å². The Morgan fingerprint density at radius 3 is 2.27 bits per heavy atom. The van der Waals surface area contributed by atoms with Gasteiger partial charge < -0.3 is 10.6 Å². The molecule has 0 radical (unpaired) electrons. The van der Waals surface area contributed by atoms with Crippen molar-refractivity contribution in [2.24, 2.45) is 0 Å². The molecule has 1 heterocycles. The summed E-state index contributed by atoms with van der Waals surface area (Å²) in [5, 5.41) is 5.49. The molecule has 0 unspecified atom stereocenters. The number of rotatable bonds is 8. The topological polar surface area (TPSA) is 95.6 Å². The second kappa shape index (κ2) is 9.35. The summed E-state index contributed by atoms with van der Waals surface area (Å²) in [5.41, 5.74) is 1.96. The third-order valence-electron chi connectivity index (χ3n) is 4.91. The Morgan fingerprint density at radius 1 is 0.900 bits per heavy atom. The molecule has 0 atom stereocenters. The maximum Gasteiger partial charge on any atom is 0.261 e. The van der Waals surface area contributed by atoms with Crippen molar-refractivity contribution < 1.29 is 19.2 Å². The van der Waals surface area contributed by atoms with Crippen LogP contribution in [0.3, 0.4) is 0 Å².